The number of thioether (sulfide) groups is 1. The van der Waals surface area contributed by atoms with E-state index in [0.717, 1.165) is 28.9 Å². The van der Waals surface area contributed by atoms with Gasteiger partial charge in [-0.2, -0.15) is 17.5 Å². The SMILES string of the molecule is CCCCCCCSc1cc(C(=O)NOSC(F)(F)F)c2c(CO)cccc2c1. The van der Waals surface area contributed by atoms with E-state index in [4.69, 9.17) is 0 Å². The quantitative estimate of drug-likeness (QED) is 0.185. The van der Waals surface area contributed by atoms with Crippen LogP contribution in [-0.2, 0) is 10.9 Å². The highest BCUT2D eigenvalue weighted by atomic mass is 32.2. The number of halogens is 3. The third-order valence-electron chi connectivity index (χ3n) is 4.24. The summed E-state index contributed by atoms with van der Waals surface area (Å²) in [5.74, 6) is 0.0918. The number of carbonyl (C=O) groups is 1. The van der Waals surface area contributed by atoms with Crippen molar-refractivity contribution in [3.8, 4) is 0 Å². The summed E-state index contributed by atoms with van der Waals surface area (Å²) in [6.45, 7) is 1.87. The molecule has 0 saturated carbocycles. The molecule has 0 aliphatic heterocycles. The van der Waals surface area contributed by atoms with Gasteiger partial charge in [0.15, 0.2) is 0 Å². The summed E-state index contributed by atoms with van der Waals surface area (Å²) in [5.41, 5.74) is -2.10. The molecule has 0 aliphatic rings. The second kappa shape index (κ2) is 11.7. The first-order chi connectivity index (χ1) is 13.9. The molecule has 0 fully saturated rings. The van der Waals surface area contributed by atoms with E-state index in [-0.39, 0.29) is 12.2 Å². The smallest absolute Gasteiger partial charge is 0.392 e. The van der Waals surface area contributed by atoms with Crippen LogP contribution in [0.3, 0.4) is 0 Å². The Balaban J connectivity index is 2.19. The van der Waals surface area contributed by atoms with Gasteiger partial charge in [-0.1, -0.05) is 50.8 Å². The van der Waals surface area contributed by atoms with Crippen molar-refractivity contribution in [3.63, 3.8) is 0 Å². The first kappa shape index (κ1) is 23.9. The number of nitrogens with one attached hydrogen (secondary N) is 1. The van der Waals surface area contributed by atoms with E-state index < -0.39 is 23.5 Å². The largest absolute Gasteiger partial charge is 0.470 e. The highest BCUT2D eigenvalue weighted by Gasteiger charge is 2.31. The van der Waals surface area contributed by atoms with Crippen LogP contribution in [0.15, 0.2) is 35.2 Å². The number of unbranched alkanes of at least 4 members (excludes halogenated alkanes) is 4. The van der Waals surface area contributed by atoms with Crippen LogP contribution in [0.2, 0.25) is 0 Å². The van der Waals surface area contributed by atoms with Crippen LogP contribution in [0.25, 0.3) is 10.8 Å². The summed E-state index contributed by atoms with van der Waals surface area (Å²) in [7, 11) is 0. The van der Waals surface area contributed by atoms with E-state index in [9.17, 15) is 23.1 Å². The zero-order chi connectivity index (χ0) is 21.3. The number of hydroxylamine groups is 1. The van der Waals surface area contributed by atoms with Crippen LogP contribution in [-0.4, -0.2) is 22.3 Å². The fourth-order valence-electron chi connectivity index (χ4n) is 2.93. The third-order valence-corrected chi connectivity index (χ3v) is 5.66. The third kappa shape index (κ3) is 7.73. The Kier molecular flexibility index (Phi) is 9.61. The van der Waals surface area contributed by atoms with E-state index >= 15 is 0 Å². The van der Waals surface area contributed by atoms with Crippen LogP contribution in [0.5, 0.6) is 0 Å². The van der Waals surface area contributed by atoms with Gasteiger partial charge in [0, 0.05) is 10.3 Å². The lowest BCUT2D eigenvalue weighted by Gasteiger charge is -2.13. The topological polar surface area (TPSA) is 58.6 Å². The zero-order valence-corrected chi connectivity index (χ0v) is 17.7. The monoisotopic (exact) mass is 447 g/mol. The summed E-state index contributed by atoms with van der Waals surface area (Å²) in [4.78, 5) is 13.3. The average Bonchev–Trinajstić information content (AvgIpc) is 2.68. The summed E-state index contributed by atoms with van der Waals surface area (Å²) in [5, 5.41) is 10.9. The number of amides is 1. The average molecular weight is 448 g/mol. The number of hydrogen-bond donors (Lipinski definition) is 2. The molecule has 2 N–H and O–H groups in total. The molecule has 0 aromatic heterocycles. The van der Waals surface area contributed by atoms with Gasteiger partial charge in [0.1, 0.15) is 12.0 Å². The van der Waals surface area contributed by atoms with Crippen molar-refractivity contribution in [1.29, 1.82) is 0 Å². The van der Waals surface area contributed by atoms with Crippen molar-refractivity contribution in [2.24, 2.45) is 0 Å². The second-order valence-electron chi connectivity index (χ2n) is 6.45. The predicted molar refractivity (Wildman–Crippen MR) is 112 cm³/mol. The molecule has 2 aromatic rings. The molecule has 9 heteroatoms. The molecule has 0 saturated heterocycles. The maximum atomic E-state index is 12.5. The predicted octanol–water partition coefficient (Wildman–Crippen LogP) is 6.22. The van der Waals surface area contributed by atoms with Gasteiger partial charge >= 0.3 is 5.51 Å². The number of hydrogen-bond acceptors (Lipinski definition) is 5. The van der Waals surface area contributed by atoms with Gasteiger partial charge in [-0.25, -0.2) is 5.48 Å². The molecule has 0 bridgehead atoms. The van der Waals surface area contributed by atoms with E-state index in [2.05, 4.69) is 11.2 Å². The lowest BCUT2D eigenvalue weighted by molar-refractivity contribution is -0.0416. The van der Waals surface area contributed by atoms with Gasteiger partial charge in [0.05, 0.1) is 12.2 Å². The highest BCUT2D eigenvalue weighted by Crippen LogP contribution is 2.32. The maximum absolute atomic E-state index is 12.5. The molecule has 0 radical (unpaired) electrons. The number of rotatable bonds is 11. The van der Waals surface area contributed by atoms with Crippen LogP contribution >= 0.6 is 23.8 Å². The van der Waals surface area contributed by atoms with Crippen LogP contribution in [0.1, 0.15) is 54.9 Å². The molecule has 1 amide bonds. The highest BCUT2D eigenvalue weighted by molar-refractivity contribution is 7.99. The van der Waals surface area contributed by atoms with E-state index in [1.807, 2.05) is 17.6 Å². The standard InChI is InChI=1S/C20H24F3NO3S2/c1-2-3-4-5-6-10-28-16-11-14-8-7-9-15(13-25)18(14)17(12-16)19(26)24-27-29-20(21,22)23/h7-9,11-12,25H,2-6,10,13H2,1H3,(H,24,26). The number of fused-ring (bicyclic) bond motifs is 1. The molecule has 0 spiro atoms. The minimum absolute atomic E-state index is 0.170. The molecule has 0 atom stereocenters. The lowest BCUT2D eigenvalue weighted by atomic mass is 9.99. The molecule has 2 rings (SSSR count). The number of carbonyl (C=O) groups excluding carboxylic acids is 1. The Labute approximate surface area is 176 Å². The number of alkyl halides is 3. The van der Waals surface area contributed by atoms with Crippen molar-refractivity contribution in [2.75, 3.05) is 5.75 Å². The van der Waals surface area contributed by atoms with Crippen LogP contribution in [0, 0.1) is 0 Å². The fourth-order valence-corrected chi connectivity index (χ4v) is 4.14. The Morgan fingerprint density at radius 2 is 1.93 bits per heavy atom. The summed E-state index contributed by atoms with van der Waals surface area (Å²) in [6.07, 6.45) is 5.77. The molecule has 0 unspecified atom stereocenters. The Bertz CT molecular complexity index is 815. The normalized spacial score (nSPS) is 11.8. The first-order valence-corrected chi connectivity index (χ1v) is 11.1. The summed E-state index contributed by atoms with van der Waals surface area (Å²) < 4.78 is 41.0. The number of benzene rings is 2. The molecular formula is C20H24F3NO3S2. The molecule has 160 valence electrons. The van der Waals surface area contributed by atoms with E-state index in [1.54, 1.807) is 30.0 Å². The molecular weight excluding hydrogens is 423 g/mol. The molecule has 0 aliphatic carbocycles. The molecule has 4 nitrogen and oxygen atoms in total. The summed E-state index contributed by atoms with van der Waals surface area (Å²) >= 11 is 0.811. The van der Waals surface area contributed by atoms with E-state index in [0.29, 0.717) is 10.9 Å². The van der Waals surface area contributed by atoms with Crippen LogP contribution < -0.4 is 5.48 Å². The Morgan fingerprint density at radius 3 is 2.62 bits per heavy atom. The van der Waals surface area contributed by atoms with Crippen molar-refractivity contribution in [3.05, 3.63) is 41.5 Å². The van der Waals surface area contributed by atoms with Crippen LogP contribution in [0.4, 0.5) is 13.2 Å². The van der Waals surface area contributed by atoms with Gasteiger partial charge in [-0.15, -0.1) is 11.8 Å². The second-order valence-corrected chi connectivity index (χ2v) is 8.42. The van der Waals surface area contributed by atoms with Gasteiger partial charge in [0.25, 0.3) is 5.91 Å². The zero-order valence-electron chi connectivity index (χ0n) is 16.1. The van der Waals surface area contributed by atoms with Crippen molar-refractivity contribution in [2.45, 2.75) is 56.0 Å². The maximum Gasteiger partial charge on any atom is 0.470 e. The molecule has 0 heterocycles. The number of aliphatic hydroxyl groups is 1. The van der Waals surface area contributed by atoms with Crippen molar-refractivity contribution in [1.82, 2.24) is 5.48 Å². The lowest BCUT2D eigenvalue weighted by Crippen LogP contribution is -2.23. The van der Waals surface area contributed by atoms with E-state index in [1.165, 1.54) is 19.3 Å². The molecule has 29 heavy (non-hydrogen) atoms. The van der Waals surface area contributed by atoms with Gasteiger partial charge in [0.2, 0.25) is 0 Å². The first-order valence-electron chi connectivity index (χ1n) is 9.36. The fraction of sp³-hybridized carbons (Fsp3) is 0.450. The van der Waals surface area contributed by atoms with Crippen molar-refractivity contribution < 1.29 is 27.4 Å². The Morgan fingerprint density at radius 1 is 1.17 bits per heavy atom. The van der Waals surface area contributed by atoms with Gasteiger partial charge in [-0.05, 0) is 35.3 Å². The minimum atomic E-state index is -4.62. The van der Waals surface area contributed by atoms with Gasteiger partial charge in [-0.3, -0.25) is 4.79 Å². The van der Waals surface area contributed by atoms with Crippen molar-refractivity contribution >= 4 is 40.5 Å². The molecule has 2 aromatic carbocycles. The summed E-state index contributed by atoms with van der Waals surface area (Å²) in [6, 6.07) is 8.81. The van der Waals surface area contributed by atoms with Gasteiger partial charge < -0.3 is 5.11 Å². The number of aliphatic hydroxyl groups excluding tert-OH is 1. The minimum Gasteiger partial charge on any atom is -0.392 e. The Hall–Kier alpha value is -1.42.